The second-order valence-electron chi connectivity index (χ2n) is 4.69. The van der Waals surface area contributed by atoms with Crippen LogP contribution in [-0.2, 0) is 24.4 Å². The lowest BCUT2D eigenvalue weighted by molar-refractivity contribution is 0.000656. The van der Waals surface area contributed by atoms with Gasteiger partial charge in [0.15, 0.2) is 0 Å². The Bertz CT molecular complexity index is 539. The molecule has 2 aromatic rings. The molecule has 0 unspecified atom stereocenters. The Morgan fingerprint density at radius 2 is 2.42 bits per heavy atom. The molecule has 1 N–H and O–H groups in total. The first kappa shape index (κ1) is 12.3. The zero-order chi connectivity index (χ0) is 13.1. The smallest absolute Gasteiger partial charge is 0.0909 e. The number of hydrogen-bond donors (Lipinski definition) is 1. The lowest BCUT2D eigenvalue weighted by Gasteiger charge is -2.24. The summed E-state index contributed by atoms with van der Waals surface area (Å²) in [6.45, 7) is 4.85. The number of nitrogens with one attached hydrogen (secondary N) is 1. The second-order valence-corrected chi connectivity index (χ2v) is 4.69. The highest BCUT2D eigenvalue weighted by molar-refractivity contribution is 5.08. The molecule has 2 aromatic heterocycles. The molecule has 6 heteroatoms. The highest BCUT2D eigenvalue weighted by Gasteiger charge is 2.21. The molecule has 1 aliphatic heterocycles. The van der Waals surface area contributed by atoms with Crippen molar-refractivity contribution in [1.29, 1.82) is 0 Å². The Balaban J connectivity index is 1.50. The normalized spacial score (nSPS) is 18.3. The van der Waals surface area contributed by atoms with Crippen molar-refractivity contribution < 1.29 is 4.74 Å². The maximum atomic E-state index is 5.80. The van der Waals surface area contributed by atoms with E-state index in [0.29, 0.717) is 6.61 Å². The van der Waals surface area contributed by atoms with Gasteiger partial charge < -0.3 is 10.1 Å². The minimum absolute atomic E-state index is 0.136. The summed E-state index contributed by atoms with van der Waals surface area (Å²) in [5.41, 5.74) is 3.08. The molecule has 3 heterocycles. The van der Waals surface area contributed by atoms with Gasteiger partial charge in [0.1, 0.15) is 0 Å². The number of nitrogens with zero attached hydrogens (tertiary/aromatic N) is 4. The van der Waals surface area contributed by atoms with Crippen molar-refractivity contribution >= 4 is 0 Å². The van der Waals surface area contributed by atoms with Gasteiger partial charge in [0, 0.05) is 19.3 Å². The number of aryl methyl sites for hydroxylation is 1. The molecule has 0 fully saturated rings. The first-order valence-electron chi connectivity index (χ1n) is 6.44. The van der Waals surface area contributed by atoms with E-state index in [1.165, 1.54) is 0 Å². The average Bonchev–Trinajstić information content (AvgIpc) is 2.81. The highest BCUT2D eigenvalue weighted by atomic mass is 16.5. The summed E-state index contributed by atoms with van der Waals surface area (Å²) in [6, 6.07) is 5.92. The zero-order valence-electron chi connectivity index (χ0n) is 10.9. The van der Waals surface area contributed by atoms with E-state index in [1.807, 2.05) is 29.8 Å². The second kappa shape index (κ2) is 5.46. The monoisotopic (exact) mass is 259 g/mol. The summed E-state index contributed by atoms with van der Waals surface area (Å²) < 4.78 is 7.73. The molecule has 0 aromatic carbocycles. The molecule has 0 bridgehead atoms. The molecule has 1 atom stereocenters. The van der Waals surface area contributed by atoms with Crippen molar-refractivity contribution in [2.24, 2.45) is 0 Å². The van der Waals surface area contributed by atoms with Gasteiger partial charge in [-0.05, 0) is 19.1 Å². The van der Waals surface area contributed by atoms with Gasteiger partial charge in [-0.3, -0.25) is 4.98 Å². The lowest BCUT2D eigenvalue weighted by Crippen LogP contribution is -2.36. The lowest BCUT2D eigenvalue weighted by atomic mass is 10.2. The average molecular weight is 259 g/mol. The zero-order valence-corrected chi connectivity index (χ0v) is 10.9. The van der Waals surface area contributed by atoms with Crippen LogP contribution in [-0.4, -0.2) is 32.6 Å². The van der Waals surface area contributed by atoms with E-state index in [9.17, 15) is 0 Å². The van der Waals surface area contributed by atoms with Gasteiger partial charge in [-0.2, -0.15) is 0 Å². The standard InChI is InChI=1S/C13H17N5O/c1-10-13-9-19-12(8-18(13)17-16-10)7-14-6-11-4-2-3-5-15-11/h2-5,12,14H,6-9H2,1H3/t12-/m1/s1. The topological polar surface area (TPSA) is 64.9 Å². The van der Waals surface area contributed by atoms with Crippen LogP contribution < -0.4 is 5.32 Å². The van der Waals surface area contributed by atoms with Gasteiger partial charge in [0.2, 0.25) is 0 Å². The molecule has 0 saturated heterocycles. The van der Waals surface area contributed by atoms with E-state index < -0.39 is 0 Å². The van der Waals surface area contributed by atoms with Crippen LogP contribution in [0.15, 0.2) is 24.4 Å². The van der Waals surface area contributed by atoms with Crippen molar-refractivity contribution in [3.63, 3.8) is 0 Å². The van der Waals surface area contributed by atoms with E-state index in [0.717, 1.165) is 36.7 Å². The maximum absolute atomic E-state index is 5.80. The number of ether oxygens (including phenoxy) is 1. The summed E-state index contributed by atoms with van der Waals surface area (Å²) in [5, 5.41) is 11.5. The predicted molar refractivity (Wildman–Crippen MR) is 69.3 cm³/mol. The van der Waals surface area contributed by atoms with Crippen molar-refractivity contribution in [3.8, 4) is 0 Å². The molecule has 6 nitrogen and oxygen atoms in total. The van der Waals surface area contributed by atoms with Gasteiger partial charge in [0.05, 0.1) is 36.3 Å². The fourth-order valence-corrected chi connectivity index (χ4v) is 2.17. The van der Waals surface area contributed by atoms with Crippen LogP contribution in [0.2, 0.25) is 0 Å². The third-order valence-corrected chi connectivity index (χ3v) is 3.27. The van der Waals surface area contributed by atoms with Crippen molar-refractivity contribution in [2.45, 2.75) is 32.7 Å². The van der Waals surface area contributed by atoms with Gasteiger partial charge >= 0.3 is 0 Å². The van der Waals surface area contributed by atoms with Crippen molar-refractivity contribution in [1.82, 2.24) is 25.3 Å². The SMILES string of the molecule is Cc1nnn2c1CO[C@H](CNCc1ccccn1)C2. The molecule has 0 aliphatic carbocycles. The van der Waals surface area contributed by atoms with Crippen LogP contribution >= 0.6 is 0 Å². The molecular weight excluding hydrogens is 242 g/mol. The van der Waals surface area contributed by atoms with E-state index in [2.05, 4.69) is 20.6 Å². The molecule has 19 heavy (non-hydrogen) atoms. The summed E-state index contributed by atoms with van der Waals surface area (Å²) >= 11 is 0. The Labute approximate surface area is 111 Å². The summed E-state index contributed by atoms with van der Waals surface area (Å²) in [5.74, 6) is 0. The number of aromatic nitrogens is 4. The Morgan fingerprint density at radius 1 is 1.47 bits per heavy atom. The number of fused-ring (bicyclic) bond motifs is 1. The first-order chi connectivity index (χ1) is 9.33. The van der Waals surface area contributed by atoms with Crippen LogP contribution in [0.25, 0.3) is 0 Å². The van der Waals surface area contributed by atoms with Crippen LogP contribution in [0, 0.1) is 6.92 Å². The molecule has 100 valence electrons. The molecule has 0 spiro atoms. The minimum Gasteiger partial charge on any atom is -0.369 e. The molecule has 0 amide bonds. The fourth-order valence-electron chi connectivity index (χ4n) is 2.17. The van der Waals surface area contributed by atoms with Crippen LogP contribution in [0.1, 0.15) is 17.1 Å². The van der Waals surface area contributed by atoms with Crippen molar-refractivity contribution in [2.75, 3.05) is 6.54 Å². The predicted octanol–water partition coefficient (Wildman–Crippen LogP) is 0.670. The minimum atomic E-state index is 0.136. The van der Waals surface area contributed by atoms with Gasteiger partial charge in [-0.25, -0.2) is 4.68 Å². The summed E-state index contributed by atoms with van der Waals surface area (Å²) in [6.07, 6.45) is 1.94. The van der Waals surface area contributed by atoms with E-state index in [1.54, 1.807) is 6.20 Å². The highest BCUT2D eigenvalue weighted by Crippen LogP contribution is 2.14. The van der Waals surface area contributed by atoms with E-state index in [-0.39, 0.29) is 6.10 Å². The van der Waals surface area contributed by atoms with Gasteiger partial charge in [0.25, 0.3) is 0 Å². The molecule has 0 radical (unpaired) electrons. The maximum Gasteiger partial charge on any atom is 0.0909 e. The Morgan fingerprint density at radius 3 is 3.26 bits per heavy atom. The van der Waals surface area contributed by atoms with Gasteiger partial charge in [-0.15, -0.1) is 5.10 Å². The largest absolute Gasteiger partial charge is 0.369 e. The van der Waals surface area contributed by atoms with E-state index in [4.69, 9.17) is 4.74 Å². The van der Waals surface area contributed by atoms with E-state index >= 15 is 0 Å². The van der Waals surface area contributed by atoms with Crippen LogP contribution in [0.5, 0.6) is 0 Å². The number of rotatable bonds is 4. The third kappa shape index (κ3) is 2.80. The van der Waals surface area contributed by atoms with Crippen molar-refractivity contribution in [3.05, 3.63) is 41.5 Å². The quantitative estimate of drug-likeness (QED) is 0.874. The molecule has 3 rings (SSSR count). The van der Waals surface area contributed by atoms with Gasteiger partial charge in [-0.1, -0.05) is 11.3 Å². The number of hydrogen-bond acceptors (Lipinski definition) is 5. The molecule has 1 aliphatic rings. The van der Waals surface area contributed by atoms with Crippen LogP contribution in [0.4, 0.5) is 0 Å². The molecular formula is C13H17N5O. The summed E-state index contributed by atoms with van der Waals surface area (Å²) in [4.78, 5) is 4.27. The first-order valence-corrected chi connectivity index (χ1v) is 6.44. The fraction of sp³-hybridized carbons (Fsp3) is 0.462. The Hall–Kier alpha value is -1.79. The third-order valence-electron chi connectivity index (χ3n) is 3.27. The molecule has 0 saturated carbocycles. The van der Waals surface area contributed by atoms with Crippen LogP contribution in [0.3, 0.4) is 0 Å². The number of pyridine rings is 1. The Kier molecular flexibility index (Phi) is 3.52. The summed E-state index contributed by atoms with van der Waals surface area (Å²) in [7, 11) is 0.